The number of hydrogen-bond donors (Lipinski definition) is 0. The first-order chi connectivity index (χ1) is 18.0. The topological polar surface area (TPSA) is 50.1 Å². The van der Waals surface area contributed by atoms with Gasteiger partial charge in [-0.15, -0.1) is 0 Å². The molecular formula is C34H47NO2. The Morgan fingerprint density at radius 2 is 1.51 bits per heavy atom. The molecule has 3 heteroatoms. The first kappa shape index (κ1) is 29.0. The maximum absolute atomic E-state index is 12.9. The smallest absolute Gasteiger partial charge is 0.314 e. The maximum atomic E-state index is 12.9. The standard InChI is InChI=1S/C34H47NO2/c1-4-5-6-7-8-9-10-11-12-27-15-22-33(32(24-27)25-35)37-34(36)31-20-18-30(19-21-31)29-16-13-28(14-17-29)23-26(2)3/h13-17,22,24,26,30-31H,4-12,18-21,23H2,1-3H3. The Bertz CT molecular complexity index is 993. The number of carbonyl (C=O) groups excluding carboxylic acids is 1. The van der Waals surface area contributed by atoms with Crippen LogP contribution in [-0.2, 0) is 17.6 Å². The summed E-state index contributed by atoms with van der Waals surface area (Å²) < 4.78 is 5.75. The molecule has 0 amide bonds. The summed E-state index contributed by atoms with van der Waals surface area (Å²) in [4.78, 5) is 12.9. The van der Waals surface area contributed by atoms with Crippen LogP contribution in [0.15, 0.2) is 42.5 Å². The number of unbranched alkanes of at least 4 members (excludes halogenated alkanes) is 7. The fourth-order valence-electron chi connectivity index (χ4n) is 5.62. The number of rotatable bonds is 14. The molecule has 0 bridgehead atoms. The molecule has 2 aromatic rings. The highest BCUT2D eigenvalue weighted by Crippen LogP contribution is 2.37. The van der Waals surface area contributed by atoms with Crippen molar-refractivity contribution in [3.8, 4) is 11.8 Å². The molecule has 0 radical (unpaired) electrons. The molecule has 0 spiro atoms. The van der Waals surface area contributed by atoms with Crippen LogP contribution in [0, 0.1) is 23.2 Å². The average Bonchev–Trinajstić information content (AvgIpc) is 2.91. The van der Waals surface area contributed by atoms with Crippen LogP contribution in [0.5, 0.6) is 5.75 Å². The molecule has 3 rings (SSSR count). The van der Waals surface area contributed by atoms with Gasteiger partial charge in [-0.3, -0.25) is 4.79 Å². The SMILES string of the molecule is CCCCCCCCCCc1ccc(OC(=O)C2CCC(c3ccc(CC(C)C)cc3)CC2)c(C#N)c1. The highest BCUT2D eigenvalue weighted by Gasteiger charge is 2.29. The van der Waals surface area contributed by atoms with Crippen molar-refractivity contribution in [2.75, 3.05) is 0 Å². The second kappa shape index (κ2) is 15.6. The van der Waals surface area contributed by atoms with Gasteiger partial charge in [0.05, 0.1) is 11.5 Å². The number of nitrogens with zero attached hydrogens (tertiary/aromatic N) is 1. The second-order valence-corrected chi connectivity index (χ2v) is 11.5. The minimum atomic E-state index is -0.182. The summed E-state index contributed by atoms with van der Waals surface area (Å²) in [5.74, 6) is 1.33. The molecular weight excluding hydrogens is 454 g/mol. The molecule has 1 aliphatic carbocycles. The molecule has 37 heavy (non-hydrogen) atoms. The Hall–Kier alpha value is -2.60. The molecule has 1 saturated carbocycles. The van der Waals surface area contributed by atoms with Crippen LogP contribution in [-0.4, -0.2) is 5.97 Å². The first-order valence-corrected chi connectivity index (χ1v) is 14.8. The fraction of sp³-hybridized carbons (Fsp3) is 0.588. The van der Waals surface area contributed by atoms with Crippen LogP contribution in [0.3, 0.4) is 0 Å². The van der Waals surface area contributed by atoms with E-state index in [0.29, 0.717) is 23.1 Å². The van der Waals surface area contributed by atoms with Crippen LogP contribution < -0.4 is 4.74 Å². The monoisotopic (exact) mass is 501 g/mol. The molecule has 0 heterocycles. The van der Waals surface area contributed by atoms with Gasteiger partial charge in [0, 0.05) is 0 Å². The van der Waals surface area contributed by atoms with Crippen molar-refractivity contribution >= 4 is 5.97 Å². The summed E-state index contributed by atoms with van der Waals surface area (Å²) >= 11 is 0. The van der Waals surface area contributed by atoms with E-state index in [1.807, 2.05) is 18.2 Å². The van der Waals surface area contributed by atoms with Gasteiger partial charge in [0.1, 0.15) is 11.8 Å². The van der Waals surface area contributed by atoms with Gasteiger partial charge < -0.3 is 4.74 Å². The van der Waals surface area contributed by atoms with Crippen LogP contribution in [0.4, 0.5) is 0 Å². The lowest BCUT2D eigenvalue weighted by Crippen LogP contribution is -2.25. The number of esters is 1. The summed E-state index contributed by atoms with van der Waals surface area (Å²) in [7, 11) is 0. The Morgan fingerprint density at radius 1 is 0.892 bits per heavy atom. The highest BCUT2D eigenvalue weighted by atomic mass is 16.5. The zero-order valence-electron chi connectivity index (χ0n) is 23.4. The third-order valence-corrected chi connectivity index (χ3v) is 7.85. The molecule has 1 fully saturated rings. The number of hydrogen-bond acceptors (Lipinski definition) is 3. The average molecular weight is 502 g/mol. The molecule has 0 atom stereocenters. The van der Waals surface area contributed by atoms with E-state index in [2.05, 4.69) is 51.1 Å². The molecule has 0 N–H and O–H groups in total. The van der Waals surface area contributed by atoms with Gasteiger partial charge in [0.25, 0.3) is 0 Å². The highest BCUT2D eigenvalue weighted by molar-refractivity contribution is 5.76. The second-order valence-electron chi connectivity index (χ2n) is 11.5. The summed E-state index contributed by atoms with van der Waals surface area (Å²) in [5, 5.41) is 9.67. The molecule has 0 saturated heterocycles. The van der Waals surface area contributed by atoms with Gasteiger partial charge in [0.2, 0.25) is 0 Å². The van der Waals surface area contributed by atoms with Crippen molar-refractivity contribution in [3.63, 3.8) is 0 Å². The largest absolute Gasteiger partial charge is 0.425 e. The number of ether oxygens (including phenoxy) is 1. The van der Waals surface area contributed by atoms with E-state index < -0.39 is 0 Å². The van der Waals surface area contributed by atoms with E-state index in [1.165, 1.54) is 56.1 Å². The van der Waals surface area contributed by atoms with Gasteiger partial charge in [-0.1, -0.05) is 96.0 Å². The van der Waals surface area contributed by atoms with Gasteiger partial charge in [-0.05, 0) is 85.6 Å². The van der Waals surface area contributed by atoms with Crippen molar-refractivity contribution in [2.45, 2.75) is 117 Å². The number of carbonyl (C=O) groups is 1. The van der Waals surface area contributed by atoms with E-state index in [4.69, 9.17) is 4.74 Å². The fourth-order valence-corrected chi connectivity index (χ4v) is 5.62. The summed E-state index contributed by atoms with van der Waals surface area (Å²) in [6, 6.07) is 17.1. The molecule has 200 valence electrons. The lowest BCUT2D eigenvalue weighted by molar-refractivity contribution is -0.140. The van der Waals surface area contributed by atoms with E-state index in [0.717, 1.165) is 50.5 Å². The van der Waals surface area contributed by atoms with Crippen molar-refractivity contribution in [2.24, 2.45) is 11.8 Å². The minimum absolute atomic E-state index is 0.0833. The summed E-state index contributed by atoms with van der Waals surface area (Å²) in [6.07, 6.45) is 16.1. The lowest BCUT2D eigenvalue weighted by Gasteiger charge is -2.27. The van der Waals surface area contributed by atoms with Crippen molar-refractivity contribution in [1.82, 2.24) is 0 Å². The molecule has 2 aromatic carbocycles. The third-order valence-electron chi connectivity index (χ3n) is 7.85. The zero-order valence-corrected chi connectivity index (χ0v) is 23.4. The van der Waals surface area contributed by atoms with E-state index >= 15 is 0 Å². The van der Waals surface area contributed by atoms with Crippen molar-refractivity contribution in [3.05, 3.63) is 64.7 Å². The van der Waals surface area contributed by atoms with E-state index in [1.54, 1.807) is 0 Å². The van der Waals surface area contributed by atoms with Gasteiger partial charge >= 0.3 is 5.97 Å². The van der Waals surface area contributed by atoms with Gasteiger partial charge in [0.15, 0.2) is 0 Å². The quantitative estimate of drug-likeness (QED) is 0.147. The Kier molecular flexibility index (Phi) is 12.2. The van der Waals surface area contributed by atoms with Crippen LogP contribution in [0.2, 0.25) is 0 Å². The molecule has 0 aromatic heterocycles. The van der Waals surface area contributed by atoms with Crippen molar-refractivity contribution < 1.29 is 9.53 Å². The third kappa shape index (κ3) is 9.66. The minimum Gasteiger partial charge on any atom is -0.425 e. The van der Waals surface area contributed by atoms with Crippen molar-refractivity contribution in [1.29, 1.82) is 5.26 Å². The van der Waals surface area contributed by atoms with Gasteiger partial charge in [-0.25, -0.2) is 0 Å². The maximum Gasteiger partial charge on any atom is 0.314 e. The molecule has 1 aliphatic rings. The summed E-state index contributed by atoms with van der Waals surface area (Å²) in [5.41, 5.74) is 4.41. The predicted molar refractivity (Wildman–Crippen MR) is 153 cm³/mol. The first-order valence-electron chi connectivity index (χ1n) is 14.8. The Morgan fingerprint density at radius 3 is 2.14 bits per heavy atom. The van der Waals surface area contributed by atoms with Gasteiger partial charge in [-0.2, -0.15) is 5.26 Å². The Labute approximate surface area is 225 Å². The Balaban J connectivity index is 1.43. The molecule has 0 unspecified atom stereocenters. The molecule has 3 nitrogen and oxygen atoms in total. The normalized spacial score (nSPS) is 17.5. The van der Waals surface area contributed by atoms with Crippen LogP contribution >= 0.6 is 0 Å². The predicted octanol–water partition coefficient (Wildman–Crippen LogP) is 9.32. The van der Waals surface area contributed by atoms with Crippen LogP contribution in [0.1, 0.15) is 126 Å². The number of nitriles is 1. The van der Waals surface area contributed by atoms with E-state index in [-0.39, 0.29) is 11.9 Å². The lowest BCUT2D eigenvalue weighted by atomic mass is 9.78. The summed E-state index contributed by atoms with van der Waals surface area (Å²) in [6.45, 7) is 6.75. The molecule has 0 aliphatic heterocycles. The van der Waals surface area contributed by atoms with E-state index in [9.17, 15) is 10.1 Å². The van der Waals surface area contributed by atoms with Crippen LogP contribution in [0.25, 0.3) is 0 Å². The number of benzene rings is 2. The zero-order chi connectivity index (χ0) is 26.5. The number of aryl methyl sites for hydroxylation is 1.